The number of nitrogens with zero attached hydrogens (tertiary/aromatic N) is 1. The monoisotopic (exact) mass is 392 g/mol. The second-order valence-corrected chi connectivity index (χ2v) is 7.97. The fourth-order valence-electron chi connectivity index (χ4n) is 2.48. The smallest absolute Gasteiger partial charge is 0.267 e. The predicted molar refractivity (Wildman–Crippen MR) is 106 cm³/mol. The molecule has 2 aromatic rings. The number of hydrazine groups is 1. The molecule has 0 spiro atoms. The van der Waals surface area contributed by atoms with E-state index >= 15 is 0 Å². The van der Waals surface area contributed by atoms with Gasteiger partial charge in [0.25, 0.3) is 11.8 Å². The van der Waals surface area contributed by atoms with Crippen LogP contribution < -0.4 is 5.43 Å². The molecule has 0 unspecified atom stereocenters. The van der Waals surface area contributed by atoms with Crippen LogP contribution in [0.2, 0.25) is 10.0 Å². The van der Waals surface area contributed by atoms with E-state index < -0.39 is 11.4 Å². The number of rotatable bonds is 2. The number of carbonyl (C=O) groups is 2. The lowest BCUT2D eigenvalue weighted by molar-refractivity contribution is 0.0357. The number of halogens is 2. The molecule has 0 heterocycles. The molecule has 0 bridgehead atoms. The molecule has 2 amide bonds. The molecule has 0 aliphatic carbocycles. The lowest BCUT2D eigenvalue weighted by atomic mass is 10.0. The van der Waals surface area contributed by atoms with Crippen LogP contribution in [0.4, 0.5) is 0 Å². The second-order valence-electron chi connectivity index (χ2n) is 7.12. The molecule has 0 aromatic heterocycles. The van der Waals surface area contributed by atoms with E-state index in [0.717, 1.165) is 5.56 Å². The molecule has 0 fully saturated rings. The molecule has 0 aliphatic rings. The van der Waals surface area contributed by atoms with Gasteiger partial charge in [-0.1, -0.05) is 35.3 Å². The summed E-state index contributed by atoms with van der Waals surface area (Å²) in [4.78, 5) is 25.9. The maximum atomic E-state index is 13.1. The number of benzene rings is 2. The van der Waals surface area contributed by atoms with Crippen molar-refractivity contribution in [2.24, 2.45) is 0 Å². The third-order valence-electron chi connectivity index (χ3n) is 4.03. The third-order valence-corrected chi connectivity index (χ3v) is 4.67. The Morgan fingerprint density at radius 3 is 2.27 bits per heavy atom. The fourth-order valence-corrected chi connectivity index (χ4v) is 2.83. The molecule has 1 N–H and O–H groups in total. The summed E-state index contributed by atoms with van der Waals surface area (Å²) >= 11 is 12.2. The van der Waals surface area contributed by atoms with Gasteiger partial charge in [0.15, 0.2) is 0 Å². The van der Waals surface area contributed by atoms with E-state index in [2.05, 4.69) is 5.43 Å². The van der Waals surface area contributed by atoms with Crippen molar-refractivity contribution in [3.05, 3.63) is 68.7 Å². The van der Waals surface area contributed by atoms with Crippen LogP contribution in [0.3, 0.4) is 0 Å². The van der Waals surface area contributed by atoms with E-state index in [-0.39, 0.29) is 5.91 Å². The molecular formula is C20H22Cl2N2O2. The molecule has 0 saturated heterocycles. The van der Waals surface area contributed by atoms with Crippen LogP contribution in [-0.2, 0) is 0 Å². The molecule has 138 valence electrons. The van der Waals surface area contributed by atoms with E-state index in [1.54, 1.807) is 43.3 Å². The first-order valence-corrected chi connectivity index (χ1v) is 8.95. The Bertz CT molecular complexity index is 857. The van der Waals surface area contributed by atoms with E-state index in [1.165, 1.54) is 5.01 Å². The molecule has 2 aromatic carbocycles. The highest BCUT2D eigenvalue weighted by Gasteiger charge is 2.31. The number of hydrogen-bond donors (Lipinski definition) is 1. The van der Waals surface area contributed by atoms with Gasteiger partial charge in [-0.25, -0.2) is 5.01 Å². The number of carbonyl (C=O) groups excluding carboxylic acids is 2. The van der Waals surface area contributed by atoms with E-state index in [0.29, 0.717) is 26.7 Å². The Balaban J connectivity index is 2.40. The Morgan fingerprint density at radius 2 is 1.65 bits per heavy atom. The standard InChI is InChI=1S/C20H22Cl2N2O2/c1-12-9-10-14(21)11-16(12)19(26)24(20(3,4)5)23-18(25)15-7-6-8-17(22)13(15)2/h6-11H,1-5H3,(H,23,25). The number of amides is 2. The van der Waals surface area contributed by atoms with Gasteiger partial charge in [-0.05, 0) is 70.0 Å². The topological polar surface area (TPSA) is 49.4 Å². The average molecular weight is 393 g/mol. The Labute approximate surface area is 164 Å². The van der Waals surface area contributed by atoms with Crippen LogP contribution in [0.5, 0.6) is 0 Å². The summed E-state index contributed by atoms with van der Waals surface area (Å²) in [5.41, 5.74) is 4.38. The Hall–Kier alpha value is -2.04. The van der Waals surface area contributed by atoms with Crippen LogP contribution in [0.1, 0.15) is 52.6 Å². The highest BCUT2D eigenvalue weighted by molar-refractivity contribution is 6.32. The van der Waals surface area contributed by atoms with Gasteiger partial charge < -0.3 is 0 Å². The minimum Gasteiger partial charge on any atom is -0.267 e. The van der Waals surface area contributed by atoms with Gasteiger partial charge >= 0.3 is 0 Å². The fraction of sp³-hybridized carbons (Fsp3) is 0.300. The van der Waals surface area contributed by atoms with Crippen molar-refractivity contribution in [1.29, 1.82) is 0 Å². The van der Waals surface area contributed by atoms with Crippen LogP contribution in [-0.4, -0.2) is 22.4 Å². The lowest BCUT2D eigenvalue weighted by Crippen LogP contribution is -2.56. The van der Waals surface area contributed by atoms with Crippen molar-refractivity contribution in [2.45, 2.75) is 40.2 Å². The quantitative estimate of drug-likeness (QED) is 0.714. The summed E-state index contributed by atoms with van der Waals surface area (Å²) in [6.07, 6.45) is 0. The zero-order valence-electron chi connectivity index (χ0n) is 15.5. The van der Waals surface area contributed by atoms with Crippen molar-refractivity contribution in [3.63, 3.8) is 0 Å². The van der Waals surface area contributed by atoms with Crippen LogP contribution >= 0.6 is 23.2 Å². The molecule has 0 atom stereocenters. The Morgan fingerprint density at radius 1 is 1.00 bits per heavy atom. The molecule has 26 heavy (non-hydrogen) atoms. The second kappa shape index (κ2) is 7.68. The van der Waals surface area contributed by atoms with Crippen molar-refractivity contribution >= 4 is 35.0 Å². The maximum absolute atomic E-state index is 13.1. The minimum absolute atomic E-state index is 0.328. The van der Waals surface area contributed by atoms with Gasteiger partial charge in [-0.15, -0.1) is 0 Å². The minimum atomic E-state index is -0.645. The summed E-state index contributed by atoms with van der Waals surface area (Å²) in [5.74, 6) is -0.724. The normalized spacial score (nSPS) is 11.2. The van der Waals surface area contributed by atoms with Crippen LogP contribution in [0.25, 0.3) is 0 Å². The first-order chi connectivity index (χ1) is 12.0. The SMILES string of the molecule is Cc1ccc(Cl)cc1C(=O)N(NC(=O)c1cccc(Cl)c1C)C(C)(C)C. The number of aryl methyl sites for hydroxylation is 1. The predicted octanol–water partition coefficient (Wildman–Crippen LogP) is 5.20. The van der Waals surface area contributed by atoms with Crippen LogP contribution in [0.15, 0.2) is 36.4 Å². The highest BCUT2D eigenvalue weighted by Crippen LogP contribution is 2.22. The number of nitrogens with one attached hydrogen (secondary N) is 1. The maximum Gasteiger partial charge on any atom is 0.273 e. The molecule has 2 rings (SSSR count). The van der Waals surface area contributed by atoms with Crippen LogP contribution in [0, 0.1) is 13.8 Å². The molecule has 6 heteroatoms. The average Bonchev–Trinajstić information content (AvgIpc) is 2.55. The van der Waals surface area contributed by atoms with E-state index in [9.17, 15) is 9.59 Å². The van der Waals surface area contributed by atoms with Crippen molar-refractivity contribution in [3.8, 4) is 0 Å². The van der Waals surface area contributed by atoms with E-state index in [4.69, 9.17) is 23.2 Å². The first-order valence-electron chi connectivity index (χ1n) is 8.19. The van der Waals surface area contributed by atoms with Gasteiger partial charge in [-0.3, -0.25) is 15.0 Å². The summed E-state index contributed by atoms with van der Waals surface area (Å²) in [6, 6.07) is 10.2. The largest absolute Gasteiger partial charge is 0.273 e. The van der Waals surface area contributed by atoms with Gasteiger partial charge in [0.05, 0.1) is 5.54 Å². The Kier molecular flexibility index (Phi) is 5.99. The van der Waals surface area contributed by atoms with Gasteiger partial charge in [0, 0.05) is 21.2 Å². The van der Waals surface area contributed by atoms with Gasteiger partial charge in [-0.2, -0.15) is 0 Å². The molecule has 0 aliphatic heterocycles. The molecule has 0 saturated carbocycles. The van der Waals surface area contributed by atoms with Crippen molar-refractivity contribution in [1.82, 2.24) is 10.4 Å². The zero-order valence-corrected chi connectivity index (χ0v) is 17.0. The summed E-state index contributed by atoms with van der Waals surface area (Å²) < 4.78 is 0. The molecular weight excluding hydrogens is 371 g/mol. The number of hydrogen-bond acceptors (Lipinski definition) is 2. The molecule has 4 nitrogen and oxygen atoms in total. The van der Waals surface area contributed by atoms with Crippen molar-refractivity contribution < 1.29 is 9.59 Å². The highest BCUT2D eigenvalue weighted by atomic mass is 35.5. The third kappa shape index (κ3) is 4.37. The summed E-state index contributed by atoms with van der Waals surface area (Å²) in [6.45, 7) is 9.12. The molecule has 0 radical (unpaired) electrons. The first kappa shape index (κ1) is 20.3. The van der Waals surface area contributed by atoms with Crippen molar-refractivity contribution in [2.75, 3.05) is 0 Å². The summed E-state index contributed by atoms with van der Waals surface area (Å²) in [5, 5.41) is 2.29. The van der Waals surface area contributed by atoms with Gasteiger partial charge in [0.2, 0.25) is 0 Å². The summed E-state index contributed by atoms with van der Waals surface area (Å²) in [7, 11) is 0. The van der Waals surface area contributed by atoms with Gasteiger partial charge in [0.1, 0.15) is 0 Å². The lowest BCUT2D eigenvalue weighted by Gasteiger charge is -2.36. The van der Waals surface area contributed by atoms with E-state index in [1.807, 2.05) is 27.7 Å². The zero-order chi connectivity index (χ0) is 19.6.